The minimum atomic E-state index is 0.0995. The Kier molecular flexibility index (Phi) is 3.38. The van der Waals surface area contributed by atoms with Crippen molar-refractivity contribution in [2.75, 3.05) is 7.11 Å². The van der Waals surface area contributed by atoms with Gasteiger partial charge in [-0.3, -0.25) is 4.79 Å². The summed E-state index contributed by atoms with van der Waals surface area (Å²) in [7, 11) is 1.62. The summed E-state index contributed by atoms with van der Waals surface area (Å²) >= 11 is 1.48. The van der Waals surface area contributed by atoms with Gasteiger partial charge in [0.05, 0.1) is 7.11 Å². The lowest BCUT2D eigenvalue weighted by molar-refractivity contribution is 0.0910. The normalized spacial score (nSPS) is 17.8. The predicted octanol–water partition coefficient (Wildman–Crippen LogP) is 3.74. The number of aryl methyl sites for hydroxylation is 1. The fraction of sp³-hybridized carbons (Fsp3) is 0.312. The molecule has 3 rings (SSSR count). The number of hydrogen-bond donors (Lipinski definition) is 0. The zero-order valence-electron chi connectivity index (χ0n) is 10.9. The molecule has 0 saturated carbocycles. The fourth-order valence-electron chi connectivity index (χ4n) is 2.74. The molecule has 0 aliphatic heterocycles. The summed E-state index contributed by atoms with van der Waals surface area (Å²) in [5.74, 6) is 1.05. The first-order chi connectivity index (χ1) is 9.29. The molecule has 19 heavy (non-hydrogen) atoms. The van der Waals surface area contributed by atoms with Gasteiger partial charge in [0.1, 0.15) is 10.6 Å². The second kappa shape index (κ2) is 5.17. The van der Waals surface area contributed by atoms with E-state index in [2.05, 4.69) is 24.3 Å². The van der Waals surface area contributed by atoms with Gasteiger partial charge in [0, 0.05) is 5.92 Å². The summed E-state index contributed by atoms with van der Waals surface area (Å²) in [5, 5.41) is 1.92. The molecule has 0 N–H and O–H groups in total. The van der Waals surface area contributed by atoms with Gasteiger partial charge in [0.2, 0.25) is 0 Å². The van der Waals surface area contributed by atoms with Crippen LogP contribution in [-0.2, 0) is 12.8 Å². The van der Waals surface area contributed by atoms with Crippen LogP contribution in [0.5, 0.6) is 5.75 Å². The lowest BCUT2D eigenvalue weighted by Gasteiger charge is -2.23. The number of rotatable bonds is 3. The Morgan fingerprint density at radius 3 is 2.84 bits per heavy atom. The van der Waals surface area contributed by atoms with Crippen molar-refractivity contribution in [1.82, 2.24) is 0 Å². The molecule has 1 aliphatic carbocycles. The third-order valence-electron chi connectivity index (χ3n) is 3.79. The average molecular weight is 272 g/mol. The fourth-order valence-corrected chi connectivity index (χ4v) is 3.62. The van der Waals surface area contributed by atoms with Crippen molar-refractivity contribution in [1.29, 1.82) is 0 Å². The zero-order chi connectivity index (χ0) is 13.2. The second-order valence-corrected chi connectivity index (χ2v) is 5.81. The molecule has 0 amide bonds. The van der Waals surface area contributed by atoms with Crippen LogP contribution in [0.1, 0.15) is 27.2 Å². The van der Waals surface area contributed by atoms with E-state index < -0.39 is 0 Å². The minimum Gasteiger partial charge on any atom is -0.495 e. The summed E-state index contributed by atoms with van der Waals surface area (Å²) in [6, 6.07) is 10.3. The van der Waals surface area contributed by atoms with Gasteiger partial charge in [-0.15, -0.1) is 11.3 Å². The molecule has 2 aromatic rings. The minimum absolute atomic E-state index is 0.0995. The van der Waals surface area contributed by atoms with E-state index in [0.717, 1.165) is 24.1 Å². The Labute approximate surface area is 117 Å². The predicted molar refractivity (Wildman–Crippen MR) is 77.2 cm³/mol. The van der Waals surface area contributed by atoms with Crippen LogP contribution in [0.2, 0.25) is 0 Å². The Balaban J connectivity index is 1.83. The number of benzene rings is 1. The largest absolute Gasteiger partial charge is 0.495 e. The molecule has 2 nitrogen and oxygen atoms in total. The molecular weight excluding hydrogens is 256 g/mol. The van der Waals surface area contributed by atoms with Crippen molar-refractivity contribution in [2.24, 2.45) is 5.92 Å². The summed E-state index contributed by atoms with van der Waals surface area (Å²) in [4.78, 5) is 13.4. The van der Waals surface area contributed by atoms with Gasteiger partial charge in [-0.25, -0.2) is 0 Å². The van der Waals surface area contributed by atoms with Crippen molar-refractivity contribution in [3.8, 4) is 5.75 Å². The topological polar surface area (TPSA) is 26.3 Å². The third-order valence-corrected chi connectivity index (χ3v) is 4.70. The quantitative estimate of drug-likeness (QED) is 0.796. The van der Waals surface area contributed by atoms with Crippen molar-refractivity contribution in [3.63, 3.8) is 0 Å². The highest BCUT2D eigenvalue weighted by molar-refractivity contribution is 7.12. The molecule has 0 saturated heterocycles. The van der Waals surface area contributed by atoms with E-state index >= 15 is 0 Å². The smallest absolute Gasteiger partial charge is 0.179 e. The van der Waals surface area contributed by atoms with Crippen LogP contribution in [0, 0.1) is 5.92 Å². The number of ether oxygens (including phenoxy) is 1. The lowest BCUT2D eigenvalue weighted by Crippen LogP contribution is -2.22. The van der Waals surface area contributed by atoms with Crippen molar-refractivity contribution in [2.45, 2.75) is 19.3 Å². The molecule has 0 spiro atoms. The van der Waals surface area contributed by atoms with Gasteiger partial charge in [0.25, 0.3) is 0 Å². The molecule has 0 bridgehead atoms. The molecule has 1 heterocycles. The molecule has 1 atom stereocenters. The number of methoxy groups -OCH3 is 1. The van der Waals surface area contributed by atoms with Crippen LogP contribution in [-0.4, -0.2) is 12.9 Å². The molecule has 1 aromatic heterocycles. The number of fused-ring (bicyclic) bond motifs is 1. The summed E-state index contributed by atoms with van der Waals surface area (Å²) in [6.45, 7) is 0. The van der Waals surface area contributed by atoms with Crippen LogP contribution in [0.3, 0.4) is 0 Å². The molecule has 0 fully saturated rings. The van der Waals surface area contributed by atoms with Gasteiger partial charge in [-0.2, -0.15) is 0 Å². The van der Waals surface area contributed by atoms with Gasteiger partial charge in [-0.1, -0.05) is 24.3 Å². The molecule has 0 radical (unpaired) electrons. The molecule has 1 aromatic carbocycles. The van der Waals surface area contributed by atoms with E-state index in [0.29, 0.717) is 5.75 Å². The number of thiophene rings is 1. The summed E-state index contributed by atoms with van der Waals surface area (Å²) in [6.07, 6.45) is 2.80. The second-order valence-electron chi connectivity index (χ2n) is 4.89. The standard InChI is InChI=1S/C16H16O2S/c1-18-14-8-9-19-16(14)15(17)13-7-6-11-4-2-3-5-12(11)10-13/h2-5,8-9,13H,6-7,10H2,1H3. The third kappa shape index (κ3) is 2.30. The monoisotopic (exact) mass is 272 g/mol. The first-order valence-corrected chi connectivity index (χ1v) is 7.40. The Hall–Kier alpha value is -1.61. The van der Waals surface area contributed by atoms with Gasteiger partial charge in [0.15, 0.2) is 5.78 Å². The van der Waals surface area contributed by atoms with E-state index in [9.17, 15) is 4.79 Å². The van der Waals surface area contributed by atoms with E-state index in [1.165, 1.54) is 22.5 Å². The van der Waals surface area contributed by atoms with E-state index in [-0.39, 0.29) is 11.7 Å². The highest BCUT2D eigenvalue weighted by Gasteiger charge is 2.27. The molecule has 1 aliphatic rings. The Bertz CT molecular complexity index is 600. The first kappa shape index (κ1) is 12.4. The van der Waals surface area contributed by atoms with Crippen LogP contribution >= 0.6 is 11.3 Å². The summed E-state index contributed by atoms with van der Waals surface area (Å²) < 4.78 is 5.26. The number of carbonyl (C=O) groups is 1. The maximum atomic E-state index is 12.6. The highest BCUT2D eigenvalue weighted by Crippen LogP contribution is 2.33. The van der Waals surface area contributed by atoms with Gasteiger partial charge in [-0.05, 0) is 41.8 Å². The number of Topliss-reactive ketones (excluding diaryl/α,β-unsaturated/α-hetero) is 1. The van der Waals surface area contributed by atoms with Crippen LogP contribution in [0.4, 0.5) is 0 Å². The van der Waals surface area contributed by atoms with E-state index in [1.54, 1.807) is 7.11 Å². The average Bonchev–Trinajstić information content (AvgIpc) is 2.94. The molecule has 1 unspecified atom stereocenters. The van der Waals surface area contributed by atoms with Crippen molar-refractivity contribution in [3.05, 3.63) is 51.7 Å². The summed E-state index contributed by atoms with van der Waals surface area (Å²) in [5.41, 5.74) is 2.72. The van der Waals surface area contributed by atoms with Crippen LogP contribution in [0.25, 0.3) is 0 Å². The molecule has 98 valence electrons. The lowest BCUT2D eigenvalue weighted by atomic mass is 9.81. The van der Waals surface area contributed by atoms with Crippen LogP contribution in [0.15, 0.2) is 35.7 Å². The number of carbonyl (C=O) groups excluding carboxylic acids is 1. The Morgan fingerprint density at radius 2 is 2.05 bits per heavy atom. The molecular formula is C16H16O2S. The first-order valence-electron chi connectivity index (χ1n) is 6.52. The van der Waals surface area contributed by atoms with E-state index in [1.807, 2.05) is 11.4 Å². The van der Waals surface area contributed by atoms with E-state index in [4.69, 9.17) is 4.74 Å². The number of hydrogen-bond acceptors (Lipinski definition) is 3. The Morgan fingerprint density at radius 1 is 1.26 bits per heavy atom. The molecule has 3 heteroatoms. The zero-order valence-corrected chi connectivity index (χ0v) is 11.7. The van der Waals surface area contributed by atoms with Crippen LogP contribution < -0.4 is 4.74 Å². The van der Waals surface area contributed by atoms with Crippen molar-refractivity contribution < 1.29 is 9.53 Å². The van der Waals surface area contributed by atoms with Gasteiger partial charge >= 0.3 is 0 Å². The van der Waals surface area contributed by atoms with Gasteiger partial charge < -0.3 is 4.74 Å². The highest BCUT2D eigenvalue weighted by atomic mass is 32.1. The maximum absolute atomic E-state index is 12.6. The SMILES string of the molecule is COc1ccsc1C(=O)C1CCc2ccccc2C1. The maximum Gasteiger partial charge on any atom is 0.179 e. The van der Waals surface area contributed by atoms with Crippen molar-refractivity contribution >= 4 is 17.1 Å². The number of ketones is 1.